The summed E-state index contributed by atoms with van der Waals surface area (Å²) in [6.45, 7) is 0.424. The van der Waals surface area contributed by atoms with Crippen LogP contribution in [0.3, 0.4) is 0 Å². The fraction of sp³-hybridized carbons (Fsp3) is 0.174. The number of hydrogen-bond acceptors (Lipinski definition) is 8. The van der Waals surface area contributed by atoms with Crippen LogP contribution in [-0.2, 0) is 0 Å². The van der Waals surface area contributed by atoms with Crippen LogP contribution < -0.4 is 19.5 Å². The van der Waals surface area contributed by atoms with Crippen molar-refractivity contribution in [2.45, 2.75) is 6.42 Å². The maximum atomic E-state index is 14.9. The molecule has 0 aliphatic heterocycles. The van der Waals surface area contributed by atoms with Crippen molar-refractivity contribution >= 4 is 45.2 Å². The van der Waals surface area contributed by atoms with Gasteiger partial charge in [0.25, 0.3) is 5.19 Å². The lowest BCUT2D eigenvalue weighted by Gasteiger charge is -2.16. The molecular weight excluding hydrogens is 467 g/mol. The summed E-state index contributed by atoms with van der Waals surface area (Å²) < 4.78 is 31.6. The minimum absolute atomic E-state index is 0.173. The molecule has 4 rings (SSSR count). The van der Waals surface area contributed by atoms with E-state index < -0.39 is 5.82 Å². The molecule has 0 aliphatic carbocycles. The van der Waals surface area contributed by atoms with Crippen molar-refractivity contribution in [3.63, 3.8) is 0 Å². The minimum atomic E-state index is -0.550. The summed E-state index contributed by atoms with van der Waals surface area (Å²) in [5, 5.41) is 15.4. The fourth-order valence-electron chi connectivity index (χ4n) is 3.09. The second-order valence-electron chi connectivity index (χ2n) is 6.74. The zero-order valence-electron chi connectivity index (χ0n) is 17.5. The van der Waals surface area contributed by atoms with Gasteiger partial charge in [-0.2, -0.15) is 5.26 Å². The van der Waals surface area contributed by atoms with Gasteiger partial charge in [-0.25, -0.2) is 9.37 Å². The number of nitriles is 1. The van der Waals surface area contributed by atoms with Crippen LogP contribution >= 0.6 is 22.9 Å². The minimum Gasteiger partial charge on any atom is -0.493 e. The standard InChI is InChI=1S/C23H18ClFN4O3S/c1-30-20-10-16-19(11-21(20)31-7-2-5-24)28-13-14(12-26)22(16)29-18-4-3-15(9-17(18)25)32-23-27-6-8-33-23/h3-4,6,8-11,13H,2,5,7H2,1H3,(H,28,29). The number of thiazole rings is 1. The van der Waals surface area contributed by atoms with Gasteiger partial charge in [0.15, 0.2) is 11.5 Å². The molecular formula is C23H18ClFN4O3S. The number of nitrogens with one attached hydrogen (secondary N) is 1. The highest BCUT2D eigenvalue weighted by atomic mass is 35.5. The monoisotopic (exact) mass is 484 g/mol. The number of fused-ring (bicyclic) bond motifs is 1. The summed E-state index contributed by atoms with van der Waals surface area (Å²) >= 11 is 7.03. The van der Waals surface area contributed by atoms with Gasteiger partial charge in [0.1, 0.15) is 17.6 Å². The van der Waals surface area contributed by atoms with Crippen molar-refractivity contribution in [2.75, 3.05) is 24.9 Å². The van der Waals surface area contributed by atoms with Gasteiger partial charge in [0.2, 0.25) is 0 Å². The van der Waals surface area contributed by atoms with Gasteiger partial charge in [-0.3, -0.25) is 4.98 Å². The number of aromatic nitrogens is 2. The Labute approximate surface area is 198 Å². The molecule has 0 atom stereocenters. The number of halogens is 2. The number of alkyl halides is 1. The number of methoxy groups -OCH3 is 1. The van der Waals surface area contributed by atoms with Crippen LogP contribution in [0.1, 0.15) is 12.0 Å². The zero-order chi connectivity index (χ0) is 23.2. The third kappa shape index (κ3) is 5.08. The van der Waals surface area contributed by atoms with E-state index in [1.807, 2.05) is 0 Å². The lowest BCUT2D eigenvalue weighted by atomic mass is 10.1. The number of rotatable bonds is 9. The first kappa shape index (κ1) is 22.6. The van der Waals surface area contributed by atoms with E-state index in [4.69, 9.17) is 25.8 Å². The number of anilines is 2. The predicted octanol–water partition coefficient (Wildman–Crippen LogP) is 6.25. The maximum absolute atomic E-state index is 14.9. The largest absolute Gasteiger partial charge is 0.493 e. The molecule has 0 spiro atoms. The average molecular weight is 485 g/mol. The fourth-order valence-corrected chi connectivity index (χ4v) is 3.70. The molecule has 2 aromatic carbocycles. The third-order valence-corrected chi connectivity index (χ3v) is 5.54. The normalized spacial score (nSPS) is 10.6. The molecule has 168 valence electrons. The Balaban J connectivity index is 1.69. The Hall–Kier alpha value is -3.61. The lowest BCUT2D eigenvalue weighted by molar-refractivity contribution is 0.295. The molecule has 0 amide bonds. The van der Waals surface area contributed by atoms with Crippen molar-refractivity contribution in [2.24, 2.45) is 0 Å². The highest BCUT2D eigenvalue weighted by Gasteiger charge is 2.16. The second kappa shape index (κ2) is 10.3. The van der Waals surface area contributed by atoms with E-state index in [-0.39, 0.29) is 11.3 Å². The van der Waals surface area contributed by atoms with Gasteiger partial charge in [-0.05, 0) is 24.6 Å². The van der Waals surface area contributed by atoms with Crippen molar-refractivity contribution in [1.29, 1.82) is 5.26 Å². The first-order valence-electron chi connectivity index (χ1n) is 9.86. The number of pyridine rings is 1. The van der Waals surface area contributed by atoms with Crippen LogP contribution in [0.25, 0.3) is 10.9 Å². The Morgan fingerprint density at radius 2 is 2.09 bits per heavy atom. The lowest BCUT2D eigenvalue weighted by Crippen LogP contribution is -2.02. The number of nitrogens with zero attached hydrogens (tertiary/aromatic N) is 3. The SMILES string of the molecule is COc1cc2c(Nc3ccc(Oc4nccs4)cc3F)c(C#N)cnc2cc1OCCCCl. The number of benzene rings is 2. The van der Waals surface area contributed by atoms with Crippen molar-refractivity contribution in [3.8, 4) is 28.5 Å². The van der Waals surface area contributed by atoms with E-state index in [9.17, 15) is 9.65 Å². The summed E-state index contributed by atoms with van der Waals surface area (Å²) in [4.78, 5) is 8.37. The summed E-state index contributed by atoms with van der Waals surface area (Å²) in [5.41, 5.74) is 1.39. The summed E-state index contributed by atoms with van der Waals surface area (Å²) in [6.07, 6.45) is 3.71. The molecule has 0 saturated carbocycles. The molecule has 33 heavy (non-hydrogen) atoms. The Morgan fingerprint density at radius 3 is 2.79 bits per heavy atom. The Morgan fingerprint density at radius 1 is 1.21 bits per heavy atom. The molecule has 0 fully saturated rings. The van der Waals surface area contributed by atoms with E-state index >= 15 is 0 Å². The Bertz CT molecular complexity index is 1310. The van der Waals surface area contributed by atoms with E-state index in [1.165, 1.54) is 36.8 Å². The quantitative estimate of drug-likeness (QED) is 0.221. The van der Waals surface area contributed by atoms with E-state index in [0.29, 0.717) is 57.9 Å². The van der Waals surface area contributed by atoms with Gasteiger partial charge in [0.05, 0.1) is 36.2 Å². The highest BCUT2D eigenvalue weighted by Crippen LogP contribution is 2.38. The van der Waals surface area contributed by atoms with Crippen LogP contribution in [0.2, 0.25) is 0 Å². The molecule has 2 aromatic heterocycles. The molecule has 0 aliphatic rings. The third-order valence-electron chi connectivity index (χ3n) is 4.62. The molecule has 0 unspecified atom stereocenters. The zero-order valence-corrected chi connectivity index (χ0v) is 19.0. The molecule has 0 bridgehead atoms. The van der Waals surface area contributed by atoms with Gasteiger partial charge >= 0.3 is 0 Å². The second-order valence-corrected chi connectivity index (χ2v) is 7.97. The number of hydrogen-bond donors (Lipinski definition) is 1. The number of ether oxygens (including phenoxy) is 3. The van der Waals surface area contributed by atoms with Crippen LogP contribution in [0, 0.1) is 17.1 Å². The van der Waals surface area contributed by atoms with E-state index in [0.717, 1.165) is 0 Å². The average Bonchev–Trinajstić information content (AvgIpc) is 3.33. The van der Waals surface area contributed by atoms with Crippen LogP contribution in [0.4, 0.5) is 15.8 Å². The van der Waals surface area contributed by atoms with Crippen LogP contribution in [-0.4, -0.2) is 29.6 Å². The van der Waals surface area contributed by atoms with Gasteiger partial charge in [-0.1, -0.05) is 11.3 Å². The molecule has 10 heteroatoms. The molecule has 7 nitrogen and oxygen atoms in total. The summed E-state index contributed by atoms with van der Waals surface area (Å²) in [7, 11) is 1.52. The first-order valence-corrected chi connectivity index (χ1v) is 11.3. The molecule has 2 heterocycles. The van der Waals surface area contributed by atoms with Crippen LogP contribution in [0.5, 0.6) is 22.4 Å². The molecule has 0 radical (unpaired) electrons. The smallest absolute Gasteiger partial charge is 0.278 e. The van der Waals surface area contributed by atoms with Gasteiger partial charge < -0.3 is 19.5 Å². The van der Waals surface area contributed by atoms with Crippen LogP contribution in [0.15, 0.2) is 48.1 Å². The van der Waals surface area contributed by atoms with Crippen molar-refractivity contribution < 1.29 is 18.6 Å². The highest BCUT2D eigenvalue weighted by molar-refractivity contribution is 7.11. The first-order chi connectivity index (χ1) is 16.1. The molecule has 1 N–H and O–H groups in total. The Kier molecular flexibility index (Phi) is 7.07. The van der Waals surface area contributed by atoms with E-state index in [1.54, 1.807) is 29.8 Å². The van der Waals surface area contributed by atoms with Crippen molar-refractivity contribution in [3.05, 3.63) is 59.5 Å². The van der Waals surface area contributed by atoms with Crippen molar-refractivity contribution in [1.82, 2.24) is 9.97 Å². The maximum Gasteiger partial charge on any atom is 0.278 e. The molecule has 0 saturated heterocycles. The topological polar surface area (TPSA) is 89.3 Å². The summed E-state index contributed by atoms with van der Waals surface area (Å²) in [5.74, 6) is 1.21. The summed E-state index contributed by atoms with van der Waals surface area (Å²) in [6, 6.07) is 9.93. The van der Waals surface area contributed by atoms with Gasteiger partial charge in [0, 0.05) is 41.2 Å². The predicted molar refractivity (Wildman–Crippen MR) is 126 cm³/mol. The van der Waals surface area contributed by atoms with E-state index in [2.05, 4.69) is 21.4 Å². The molecule has 4 aromatic rings. The van der Waals surface area contributed by atoms with Gasteiger partial charge in [-0.15, -0.1) is 11.6 Å².